The Morgan fingerprint density at radius 2 is 1.96 bits per heavy atom. The van der Waals surface area contributed by atoms with Crippen LogP contribution in [-0.4, -0.2) is 28.1 Å². The third kappa shape index (κ3) is 4.45. The van der Waals surface area contributed by atoms with Gasteiger partial charge in [0.2, 0.25) is 0 Å². The molecule has 1 aromatic rings. The van der Waals surface area contributed by atoms with Crippen molar-refractivity contribution >= 4 is 11.8 Å². The number of cyclic esters (lactones) is 1. The highest BCUT2D eigenvalue weighted by Crippen LogP contribution is 2.46. The minimum absolute atomic E-state index is 0.0185. The number of ether oxygens (including phenoxy) is 1. The molecule has 3 atom stereocenters. The van der Waals surface area contributed by atoms with Gasteiger partial charge in [-0.2, -0.15) is 0 Å². The zero-order chi connectivity index (χ0) is 18.7. The smallest absolute Gasteiger partial charge is 0.342 e. The molecule has 1 aliphatic carbocycles. The number of ketones is 1. The van der Waals surface area contributed by atoms with Crippen molar-refractivity contribution in [2.45, 2.75) is 58.0 Å². The lowest BCUT2D eigenvalue weighted by atomic mass is 9.99. The van der Waals surface area contributed by atoms with Crippen LogP contribution in [-0.2, 0) is 16.0 Å². The summed E-state index contributed by atoms with van der Waals surface area (Å²) in [5.74, 6) is -0.112. The summed E-state index contributed by atoms with van der Waals surface area (Å²) in [7, 11) is 0. The second-order valence-electron chi connectivity index (χ2n) is 7.43. The number of allylic oxidation sites excluding steroid dienone is 2. The number of carbonyl (C=O) groups excluding carboxylic acids is 2. The number of benzene rings is 1. The van der Waals surface area contributed by atoms with Gasteiger partial charge < -0.3 is 14.9 Å². The van der Waals surface area contributed by atoms with Gasteiger partial charge in [-0.05, 0) is 61.6 Å². The maximum atomic E-state index is 12.7. The molecule has 5 nitrogen and oxygen atoms in total. The molecule has 26 heavy (non-hydrogen) atoms. The number of rotatable bonds is 2. The Kier molecular flexibility index (Phi) is 5.64. The van der Waals surface area contributed by atoms with Gasteiger partial charge in [-0.1, -0.05) is 19.4 Å². The van der Waals surface area contributed by atoms with Crippen molar-refractivity contribution in [1.82, 2.24) is 0 Å². The van der Waals surface area contributed by atoms with Gasteiger partial charge in [0.1, 0.15) is 23.2 Å². The van der Waals surface area contributed by atoms with Crippen molar-refractivity contribution in [2.24, 2.45) is 11.8 Å². The summed E-state index contributed by atoms with van der Waals surface area (Å²) in [6.07, 6.45) is 8.77. The van der Waals surface area contributed by atoms with E-state index in [1.165, 1.54) is 12.1 Å². The molecular formula is C21H26O5. The van der Waals surface area contributed by atoms with E-state index in [2.05, 4.69) is 6.92 Å². The summed E-state index contributed by atoms with van der Waals surface area (Å²) in [5, 5.41) is 19.9. The van der Waals surface area contributed by atoms with E-state index in [9.17, 15) is 19.8 Å². The van der Waals surface area contributed by atoms with E-state index in [1.54, 1.807) is 0 Å². The topological polar surface area (TPSA) is 83.8 Å². The van der Waals surface area contributed by atoms with E-state index in [0.717, 1.165) is 44.6 Å². The Bertz CT molecular complexity index is 721. The van der Waals surface area contributed by atoms with Crippen LogP contribution >= 0.6 is 0 Å². The predicted molar refractivity (Wildman–Crippen MR) is 97.2 cm³/mol. The molecule has 0 saturated heterocycles. The van der Waals surface area contributed by atoms with Crippen LogP contribution in [0.1, 0.15) is 61.4 Å². The Morgan fingerprint density at radius 3 is 2.73 bits per heavy atom. The lowest BCUT2D eigenvalue weighted by Gasteiger charge is -2.19. The number of fused-ring (bicyclic) bond motifs is 2. The quantitative estimate of drug-likeness (QED) is 0.783. The van der Waals surface area contributed by atoms with Crippen LogP contribution in [0.2, 0.25) is 0 Å². The number of hydrogen-bond acceptors (Lipinski definition) is 5. The van der Waals surface area contributed by atoms with Crippen LogP contribution in [0.5, 0.6) is 11.5 Å². The summed E-state index contributed by atoms with van der Waals surface area (Å²) >= 11 is 0. The Hall–Kier alpha value is -2.30. The van der Waals surface area contributed by atoms with Gasteiger partial charge in [-0.25, -0.2) is 4.79 Å². The Morgan fingerprint density at radius 1 is 1.15 bits per heavy atom. The first-order chi connectivity index (χ1) is 12.5. The third-order valence-corrected chi connectivity index (χ3v) is 5.28. The summed E-state index contributed by atoms with van der Waals surface area (Å²) in [6, 6.07) is 2.45. The van der Waals surface area contributed by atoms with Gasteiger partial charge in [0.25, 0.3) is 0 Å². The fraction of sp³-hybridized carbons (Fsp3) is 0.524. The van der Waals surface area contributed by atoms with Crippen LogP contribution in [0.15, 0.2) is 24.3 Å². The first-order valence-corrected chi connectivity index (χ1v) is 9.43. The zero-order valence-electron chi connectivity index (χ0n) is 15.1. The van der Waals surface area contributed by atoms with Gasteiger partial charge in [-0.3, -0.25) is 4.79 Å². The fourth-order valence-electron chi connectivity index (χ4n) is 3.86. The maximum Gasteiger partial charge on any atom is 0.342 e. The largest absolute Gasteiger partial charge is 0.508 e. The highest BCUT2D eigenvalue weighted by atomic mass is 16.5. The first kappa shape index (κ1) is 18.5. The highest BCUT2D eigenvalue weighted by molar-refractivity contribution is 5.98. The molecule has 0 spiro atoms. The van der Waals surface area contributed by atoms with Crippen molar-refractivity contribution in [3.05, 3.63) is 35.4 Å². The molecule has 2 aliphatic rings. The predicted octanol–water partition coefficient (Wildman–Crippen LogP) is 3.91. The molecule has 5 heteroatoms. The summed E-state index contributed by atoms with van der Waals surface area (Å²) < 4.78 is 5.71. The summed E-state index contributed by atoms with van der Waals surface area (Å²) in [6.45, 7) is 2.05. The lowest BCUT2D eigenvalue weighted by molar-refractivity contribution is -0.114. The number of hydrogen-bond donors (Lipinski definition) is 2. The average molecular weight is 358 g/mol. The normalized spacial score (nSPS) is 27.7. The standard InChI is InChI=1S/C21H26O5/c1-2-5-18-11-14-8-13(14)6-3-4-7-16(22)9-15-10-17(23)12-19(24)20(15)21(25)26-18/h4,7,10,12-14,18,23-24H,2-3,5-6,8-9,11H2,1H3/b7-4+/t13?,14?,18-/m1/s1. The minimum Gasteiger partial charge on any atom is -0.508 e. The van der Waals surface area contributed by atoms with Crippen LogP contribution in [0.25, 0.3) is 0 Å². The van der Waals surface area contributed by atoms with Crippen molar-refractivity contribution < 1.29 is 24.5 Å². The summed E-state index contributed by atoms with van der Waals surface area (Å²) in [5.41, 5.74) is 0.272. The maximum absolute atomic E-state index is 12.7. The second-order valence-corrected chi connectivity index (χ2v) is 7.43. The van der Waals surface area contributed by atoms with Gasteiger partial charge in [-0.15, -0.1) is 0 Å². The second kappa shape index (κ2) is 7.94. The molecule has 0 radical (unpaired) electrons. The number of phenols is 2. The molecule has 2 unspecified atom stereocenters. The van der Waals surface area contributed by atoms with Crippen molar-refractivity contribution in [3.8, 4) is 11.5 Å². The molecule has 0 bridgehead atoms. The monoisotopic (exact) mass is 358 g/mol. The third-order valence-electron chi connectivity index (χ3n) is 5.28. The Balaban J connectivity index is 1.92. The van der Waals surface area contributed by atoms with E-state index in [-0.39, 0.29) is 35.4 Å². The molecule has 1 aromatic carbocycles. The lowest BCUT2D eigenvalue weighted by Crippen LogP contribution is -2.21. The molecule has 0 amide bonds. The average Bonchev–Trinajstić information content (AvgIpc) is 3.28. The molecule has 1 saturated carbocycles. The molecular weight excluding hydrogens is 332 g/mol. The number of phenolic OH excluding ortho intramolecular Hbond substituents is 2. The molecule has 140 valence electrons. The van der Waals surface area contributed by atoms with Crippen LogP contribution in [0, 0.1) is 11.8 Å². The Labute approximate surface area is 153 Å². The SMILES string of the molecule is CCC[C@@H]1CC2CC2CC/C=C/C(=O)Cc2cc(O)cc(O)c2C(=O)O1. The number of aromatic hydroxyl groups is 2. The van der Waals surface area contributed by atoms with Crippen molar-refractivity contribution in [1.29, 1.82) is 0 Å². The van der Waals surface area contributed by atoms with Gasteiger partial charge >= 0.3 is 5.97 Å². The molecule has 3 rings (SSSR count). The van der Waals surface area contributed by atoms with E-state index in [0.29, 0.717) is 17.4 Å². The number of carbonyl (C=O) groups is 2. The van der Waals surface area contributed by atoms with Crippen LogP contribution in [0.3, 0.4) is 0 Å². The van der Waals surface area contributed by atoms with Gasteiger partial charge in [0.05, 0.1) is 0 Å². The van der Waals surface area contributed by atoms with Crippen LogP contribution in [0.4, 0.5) is 0 Å². The highest BCUT2D eigenvalue weighted by Gasteiger charge is 2.38. The van der Waals surface area contributed by atoms with Gasteiger partial charge in [0, 0.05) is 12.5 Å². The molecule has 1 aliphatic heterocycles. The fourth-order valence-corrected chi connectivity index (χ4v) is 3.86. The number of esters is 1. The van der Waals surface area contributed by atoms with E-state index < -0.39 is 5.97 Å². The van der Waals surface area contributed by atoms with Crippen molar-refractivity contribution in [3.63, 3.8) is 0 Å². The van der Waals surface area contributed by atoms with Gasteiger partial charge in [0.15, 0.2) is 5.78 Å². The minimum atomic E-state index is -0.623. The van der Waals surface area contributed by atoms with Crippen LogP contribution < -0.4 is 0 Å². The zero-order valence-corrected chi connectivity index (χ0v) is 15.1. The summed E-state index contributed by atoms with van der Waals surface area (Å²) in [4.78, 5) is 24.9. The first-order valence-electron chi connectivity index (χ1n) is 9.43. The van der Waals surface area contributed by atoms with E-state index in [4.69, 9.17) is 4.74 Å². The molecule has 2 N–H and O–H groups in total. The molecule has 1 fully saturated rings. The van der Waals surface area contributed by atoms with E-state index >= 15 is 0 Å². The molecule has 0 aromatic heterocycles. The van der Waals surface area contributed by atoms with Crippen molar-refractivity contribution in [2.75, 3.05) is 0 Å². The molecule has 1 heterocycles. The van der Waals surface area contributed by atoms with E-state index in [1.807, 2.05) is 6.08 Å².